The molecule has 1 aliphatic rings. The minimum atomic E-state index is -0.834. The first-order chi connectivity index (χ1) is 8.93. The van der Waals surface area contributed by atoms with Crippen molar-refractivity contribution in [3.8, 4) is 0 Å². The Morgan fingerprint density at radius 2 is 1.84 bits per heavy atom. The van der Waals surface area contributed by atoms with Crippen molar-refractivity contribution in [2.75, 3.05) is 20.1 Å². The van der Waals surface area contributed by atoms with Gasteiger partial charge in [0.05, 0.1) is 11.8 Å². The second-order valence-electron chi connectivity index (χ2n) is 5.70. The molecule has 0 bridgehead atoms. The first kappa shape index (κ1) is 16.0. The maximum atomic E-state index is 12.1. The quantitative estimate of drug-likeness (QED) is 0.764. The third kappa shape index (κ3) is 4.82. The van der Waals surface area contributed by atoms with Crippen LogP contribution in [0.2, 0.25) is 0 Å². The summed E-state index contributed by atoms with van der Waals surface area (Å²) in [6.45, 7) is 5.57. The number of hydrogen-bond donors (Lipinski definition) is 2. The van der Waals surface area contributed by atoms with E-state index in [0.717, 1.165) is 19.4 Å². The molecule has 110 valence electrons. The van der Waals surface area contributed by atoms with E-state index in [2.05, 4.69) is 24.1 Å². The van der Waals surface area contributed by atoms with Crippen LogP contribution >= 0.6 is 0 Å². The van der Waals surface area contributed by atoms with Gasteiger partial charge in [0.1, 0.15) is 0 Å². The highest BCUT2D eigenvalue weighted by molar-refractivity contribution is 5.84. The topological polar surface area (TPSA) is 69.6 Å². The smallest absolute Gasteiger partial charge is 0.307 e. The summed E-state index contributed by atoms with van der Waals surface area (Å²) in [5, 5.41) is 12.0. The Bertz CT molecular complexity index is 318. The van der Waals surface area contributed by atoms with E-state index in [1.807, 2.05) is 7.05 Å². The maximum Gasteiger partial charge on any atom is 0.307 e. The average Bonchev–Trinajstić information content (AvgIpc) is 2.38. The molecule has 0 saturated heterocycles. The molecule has 0 aromatic carbocycles. The molecule has 0 radical (unpaired) electrons. The molecule has 1 amide bonds. The summed E-state index contributed by atoms with van der Waals surface area (Å²) in [6, 6.07) is 0.443. The normalized spacial score (nSPS) is 23.6. The zero-order valence-electron chi connectivity index (χ0n) is 12.2. The van der Waals surface area contributed by atoms with Gasteiger partial charge in [-0.05, 0) is 33.7 Å². The van der Waals surface area contributed by atoms with Crippen LogP contribution in [0.4, 0.5) is 0 Å². The van der Waals surface area contributed by atoms with Crippen molar-refractivity contribution < 1.29 is 14.7 Å². The van der Waals surface area contributed by atoms with E-state index in [4.69, 9.17) is 5.11 Å². The minimum Gasteiger partial charge on any atom is -0.481 e. The number of nitrogens with zero attached hydrogens (tertiary/aromatic N) is 1. The number of rotatable bonds is 6. The van der Waals surface area contributed by atoms with Crippen molar-refractivity contribution in [1.29, 1.82) is 0 Å². The molecule has 1 fully saturated rings. The predicted octanol–water partition coefficient (Wildman–Crippen LogP) is 1.33. The molecule has 0 heterocycles. The number of aliphatic carboxylic acids is 1. The van der Waals surface area contributed by atoms with Gasteiger partial charge in [0, 0.05) is 19.1 Å². The van der Waals surface area contributed by atoms with E-state index >= 15 is 0 Å². The van der Waals surface area contributed by atoms with Crippen molar-refractivity contribution in [2.24, 2.45) is 11.8 Å². The molecular weight excluding hydrogens is 244 g/mol. The summed E-state index contributed by atoms with van der Waals surface area (Å²) in [6.07, 6.45) is 3.19. The zero-order valence-corrected chi connectivity index (χ0v) is 12.2. The lowest BCUT2D eigenvalue weighted by Gasteiger charge is -2.28. The molecule has 1 aliphatic carbocycles. The Labute approximate surface area is 115 Å². The SMILES string of the molecule is CC(C)N(C)CCNC(=O)C1CCCCC1C(=O)O. The molecule has 1 rings (SSSR count). The van der Waals surface area contributed by atoms with Crippen LogP contribution in [-0.4, -0.2) is 48.1 Å². The van der Waals surface area contributed by atoms with Gasteiger partial charge in [-0.1, -0.05) is 12.8 Å². The Hall–Kier alpha value is -1.10. The van der Waals surface area contributed by atoms with Gasteiger partial charge in [-0.25, -0.2) is 0 Å². The van der Waals surface area contributed by atoms with Crippen LogP contribution in [0.3, 0.4) is 0 Å². The summed E-state index contributed by atoms with van der Waals surface area (Å²) in [4.78, 5) is 25.4. The van der Waals surface area contributed by atoms with E-state index in [0.29, 0.717) is 25.4 Å². The monoisotopic (exact) mass is 270 g/mol. The highest BCUT2D eigenvalue weighted by Gasteiger charge is 2.35. The number of carbonyl (C=O) groups excluding carboxylic acids is 1. The summed E-state index contributed by atoms with van der Waals surface area (Å²) < 4.78 is 0. The second-order valence-corrected chi connectivity index (χ2v) is 5.70. The van der Waals surface area contributed by atoms with Crippen LogP contribution < -0.4 is 5.32 Å². The fourth-order valence-electron chi connectivity index (χ4n) is 2.49. The molecule has 5 nitrogen and oxygen atoms in total. The third-order valence-corrected chi connectivity index (χ3v) is 4.07. The zero-order chi connectivity index (χ0) is 14.4. The van der Waals surface area contributed by atoms with Crippen molar-refractivity contribution >= 4 is 11.9 Å². The summed E-state index contributed by atoms with van der Waals surface area (Å²) in [5.74, 6) is -1.78. The molecular formula is C14H26N2O3. The van der Waals surface area contributed by atoms with Crippen LogP contribution in [0.15, 0.2) is 0 Å². The molecule has 5 heteroatoms. The van der Waals surface area contributed by atoms with Gasteiger partial charge in [-0.3, -0.25) is 9.59 Å². The number of likely N-dealkylation sites (N-methyl/N-ethyl adjacent to an activating group) is 1. The fraction of sp³-hybridized carbons (Fsp3) is 0.857. The van der Waals surface area contributed by atoms with E-state index in [1.165, 1.54) is 0 Å². The number of carboxylic acids is 1. The average molecular weight is 270 g/mol. The first-order valence-corrected chi connectivity index (χ1v) is 7.14. The Balaban J connectivity index is 2.41. The molecule has 0 aromatic rings. The second kappa shape index (κ2) is 7.48. The van der Waals surface area contributed by atoms with E-state index in [9.17, 15) is 9.59 Å². The van der Waals surface area contributed by atoms with E-state index in [1.54, 1.807) is 0 Å². The van der Waals surface area contributed by atoms with Gasteiger partial charge in [0.2, 0.25) is 5.91 Å². The Morgan fingerprint density at radius 1 is 1.26 bits per heavy atom. The summed E-state index contributed by atoms with van der Waals surface area (Å²) in [5.41, 5.74) is 0. The predicted molar refractivity (Wildman–Crippen MR) is 73.9 cm³/mol. The number of carbonyl (C=O) groups is 2. The van der Waals surface area contributed by atoms with Gasteiger partial charge in [-0.2, -0.15) is 0 Å². The molecule has 1 saturated carbocycles. The van der Waals surface area contributed by atoms with Crippen LogP contribution in [-0.2, 0) is 9.59 Å². The molecule has 0 aliphatic heterocycles. The first-order valence-electron chi connectivity index (χ1n) is 7.14. The number of carboxylic acid groups (broad SMARTS) is 1. The molecule has 2 N–H and O–H groups in total. The molecule has 2 unspecified atom stereocenters. The Kier molecular flexibility index (Phi) is 6.28. The number of nitrogens with one attached hydrogen (secondary N) is 1. The van der Waals surface area contributed by atoms with Crippen LogP contribution in [0.1, 0.15) is 39.5 Å². The van der Waals surface area contributed by atoms with Crippen LogP contribution in [0, 0.1) is 11.8 Å². The lowest BCUT2D eigenvalue weighted by molar-refractivity contribution is -0.148. The molecule has 0 spiro atoms. The van der Waals surface area contributed by atoms with Gasteiger partial charge in [-0.15, -0.1) is 0 Å². The van der Waals surface area contributed by atoms with Gasteiger partial charge < -0.3 is 15.3 Å². The largest absolute Gasteiger partial charge is 0.481 e. The third-order valence-electron chi connectivity index (χ3n) is 4.07. The summed E-state index contributed by atoms with van der Waals surface area (Å²) in [7, 11) is 2.01. The van der Waals surface area contributed by atoms with E-state index < -0.39 is 11.9 Å². The standard InChI is InChI=1S/C14H26N2O3/c1-10(2)16(3)9-8-15-13(17)11-6-4-5-7-12(11)14(18)19/h10-12H,4-9H2,1-3H3,(H,15,17)(H,18,19). The van der Waals surface area contributed by atoms with Gasteiger partial charge >= 0.3 is 5.97 Å². The van der Waals surface area contributed by atoms with Gasteiger partial charge in [0.25, 0.3) is 0 Å². The van der Waals surface area contributed by atoms with E-state index in [-0.39, 0.29) is 11.8 Å². The van der Waals surface area contributed by atoms with Crippen molar-refractivity contribution in [2.45, 2.75) is 45.6 Å². The van der Waals surface area contributed by atoms with Crippen molar-refractivity contribution in [3.63, 3.8) is 0 Å². The van der Waals surface area contributed by atoms with Crippen molar-refractivity contribution in [1.82, 2.24) is 10.2 Å². The molecule has 0 aromatic heterocycles. The Morgan fingerprint density at radius 3 is 2.37 bits per heavy atom. The highest BCUT2D eigenvalue weighted by atomic mass is 16.4. The van der Waals surface area contributed by atoms with Crippen LogP contribution in [0.5, 0.6) is 0 Å². The highest BCUT2D eigenvalue weighted by Crippen LogP contribution is 2.30. The fourth-order valence-corrected chi connectivity index (χ4v) is 2.49. The molecule has 2 atom stereocenters. The number of amides is 1. The van der Waals surface area contributed by atoms with Gasteiger partial charge in [0.15, 0.2) is 0 Å². The lowest BCUT2D eigenvalue weighted by Crippen LogP contribution is -2.42. The lowest BCUT2D eigenvalue weighted by atomic mass is 9.79. The molecule has 19 heavy (non-hydrogen) atoms. The van der Waals surface area contributed by atoms with Crippen molar-refractivity contribution in [3.05, 3.63) is 0 Å². The summed E-state index contributed by atoms with van der Waals surface area (Å²) >= 11 is 0. The number of hydrogen-bond acceptors (Lipinski definition) is 3. The maximum absolute atomic E-state index is 12.1. The minimum absolute atomic E-state index is 0.0933. The van der Waals surface area contributed by atoms with Crippen LogP contribution in [0.25, 0.3) is 0 Å².